The molecular weight excluding hydrogens is 446 g/mol. The smallest absolute Gasteiger partial charge is 0.257 e. The summed E-state index contributed by atoms with van der Waals surface area (Å²) in [5.74, 6) is 1.18. The van der Waals surface area contributed by atoms with Crippen LogP contribution >= 0.6 is 0 Å². The summed E-state index contributed by atoms with van der Waals surface area (Å²) >= 11 is 0. The first-order chi connectivity index (χ1) is 16.7. The second kappa shape index (κ2) is 8.59. The number of nitrogens with one attached hydrogen (secondary N) is 1. The summed E-state index contributed by atoms with van der Waals surface area (Å²) in [4.78, 5) is 42.3. The molecule has 0 aromatic heterocycles. The van der Waals surface area contributed by atoms with Crippen LogP contribution < -0.4 is 19.7 Å². The van der Waals surface area contributed by atoms with Gasteiger partial charge in [0.1, 0.15) is 18.9 Å². The van der Waals surface area contributed by atoms with E-state index in [1.807, 2.05) is 37.3 Å². The Balaban J connectivity index is 1.25. The van der Waals surface area contributed by atoms with Crippen molar-refractivity contribution >= 4 is 23.4 Å². The lowest BCUT2D eigenvalue weighted by molar-refractivity contribution is -0.121. The molecule has 0 aliphatic carbocycles. The van der Waals surface area contributed by atoms with Crippen LogP contribution in [0.4, 0.5) is 5.69 Å². The normalized spacial score (nSPS) is 21.0. The average Bonchev–Trinajstić information content (AvgIpc) is 3.17. The molecule has 2 aromatic carbocycles. The average molecular weight is 478 g/mol. The van der Waals surface area contributed by atoms with Gasteiger partial charge in [-0.15, -0.1) is 0 Å². The molecule has 1 fully saturated rings. The molecule has 5 rings (SSSR count). The Kier molecular flexibility index (Phi) is 5.69. The van der Waals surface area contributed by atoms with Crippen LogP contribution in [0.2, 0.25) is 0 Å². The number of carbonyl (C=O) groups is 3. The molecule has 1 saturated heterocycles. The number of hydrogen-bond acceptors (Lipinski definition) is 5. The summed E-state index contributed by atoms with van der Waals surface area (Å²) in [6.45, 7) is 7.78. The third kappa shape index (κ3) is 4.00. The number of fused-ring (bicyclic) bond motifs is 4. The van der Waals surface area contributed by atoms with E-state index < -0.39 is 5.66 Å². The Bertz CT molecular complexity index is 1190. The number of para-hydroxylation sites is 1. The van der Waals surface area contributed by atoms with Gasteiger partial charge in [-0.3, -0.25) is 19.3 Å². The first-order valence-corrected chi connectivity index (χ1v) is 12.1. The van der Waals surface area contributed by atoms with Gasteiger partial charge in [-0.1, -0.05) is 32.0 Å². The molecule has 35 heavy (non-hydrogen) atoms. The van der Waals surface area contributed by atoms with Crippen molar-refractivity contribution in [2.75, 3.05) is 31.2 Å². The number of benzene rings is 2. The zero-order valence-electron chi connectivity index (χ0n) is 20.4. The van der Waals surface area contributed by atoms with Crippen molar-refractivity contribution < 1.29 is 23.9 Å². The lowest BCUT2D eigenvalue weighted by Gasteiger charge is -2.48. The maximum Gasteiger partial charge on any atom is 0.257 e. The number of amides is 3. The SMILES string of the molecule is CC(C)(CNC(=O)CCN1C(=O)c2ccccc2N2C(=O)CCC12C)c1ccc2c(c1)OCCO2. The first-order valence-electron chi connectivity index (χ1n) is 12.1. The molecule has 0 radical (unpaired) electrons. The van der Waals surface area contributed by atoms with E-state index >= 15 is 0 Å². The predicted octanol–water partition coefficient (Wildman–Crippen LogP) is 3.24. The van der Waals surface area contributed by atoms with Crippen molar-refractivity contribution in [1.82, 2.24) is 10.2 Å². The summed E-state index contributed by atoms with van der Waals surface area (Å²) in [7, 11) is 0. The van der Waals surface area contributed by atoms with Crippen molar-refractivity contribution in [2.45, 2.75) is 51.1 Å². The van der Waals surface area contributed by atoms with Gasteiger partial charge >= 0.3 is 0 Å². The fourth-order valence-electron chi connectivity index (χ4n) is 5.23. The molecule has 1 unspecified atom stereocenters. The minimum Gasteiger partial charge on any atom is -0.486 e. The van der Waals surface area contributed by atoms with E-state index in [4.69, 9.17) is 9.47 Å². The molecule has 2 aromatic rings. The second-order valence-corrected chi connectivity index (χ2v) is 10.2. The van der Waals surface area contributed by atoms with Crippen molar-refractivity contribution in [2.24, 2.45) is 0 Å². The maximum absolute atomic E-state index is 13.3. The molecule has 3 aliphatic heterocycles. The van der Waals surface area contributed by atoms with Gasteiger partial charge < -0.3 is 19.7 Å². The van der Waals surface area contributed by atoms with E-state index in [9.17, 15) is 14.4 Å². The van der Waals surface area contributed by atoms with Crippen LogP contribution in [-0.2, 0) is 15.0 Å². The fourth-order valence-corrected chi connectivity index (χ4v) is 5.23. The quantitative estimate of drug-likeness (QED) is 0.690. The van der Waals surface area contributed by atoms with E-state index in [0.717, 1.165) is 17.1 Å². The van der Waals surface area contributed by atoms with Gasteiger partial charge in [0.15, 0.2) is 11.5 Å². The zero-order valence-corrected chi connectivity index (χ0v) is 20.4. The van der Waals surface area contributed by atoms with Crippen molar-refractivity contribution in [1.29, 1.82) is 0 Å². The van der Waals surface area contributed by atoms with Crippen LogP contribution in [0.1, 0.15) is 56.0 Å². The van der Waals surface area contributed by atoms with Gasteiger partial charge in [-0.05, 0) is 43.2 Å². The van der Waals surface area contributed by atoms with Gasteiger partial charge in [0.2, 0.25) is 11.8 Å². The monoisotopic (exact) mass is 477 g/mol. The molecule has 8 heteroatoms. The molecule has 0 spiro atoms. The summed E-state index contributed by atoms with van der Waals surface area (Å²) in [6.07, 6.45) is 1.08. The standard InChI is InChI=1S/C27H31N3O5/c1-26(2,18-8-9-21-22(16-18)35-15-14-34-21)17-28-23(31)11-13-29-25(33)19-6-4-5-7-20(19)30-24(32)10-12-27(29,30)3/h4-9,16H,10-15,17H2,1-3H3,(H,28,31). The summed E-state index contributed by atoms with van der Waals surface area (Å²) < 4.78 is 11.3. The van der Waals surface area contributed by atoms with Gasteiger partial charge in [0.25, 0.3) is 5.91 Å². The van der Waals surface area contributed by atoms with Gasteiger partial charge in [-0.2, -0.15) is 0 Å². The second-order valence-electron chi connectivity index (χ2n) is 10.2. The highest BCUT2D eigenvalue weighted by Crippen LogP contribution is 2.44. The highest BCUT2D eigenvalue weighted by atomic mass is 16.6. The molecule has 184 valence electrons. The Morgan fingerprint density at radius 3 is 2.63 bits per heavy atom. The fraction of sp³-hybridized carbons (Fsp3) is 0.444. The third-order valence-electron chi connectivity index (χ3n) is 7.36. The molecule has 3 amide bonds. The van der Waals surface area contributed by atoms with Crippen LogP contribution in [0.5, 0.6) is 11.5 Å². The van der Waals surface area contributed by atoms with Crippen LogP contribution in [0.15, 0.2) is 42.5 Å². The zero-order chi connectivity index (χ0) is 24.8. The number of rotatable bonds is 6. The van der Waals surface area contributed by atoms with Crippen LogP contribution in [0.25, 0.3) is 0 Å². The largest absolute Gasteiger partial charge is 0.486 e. The van der Waals surface area contributed by atoms with E-state index in [0.29, 0.717) is 43.9 Å². The minimum atomic E-state index is -0.757. The number of ether oxygens (including phenoxy) is 2. The molecule has 3 heterocycles. The van der Waals surface area contributed by atoms with Crippen molar-refractivity contribution in [3.05, 3.63) is 53.6 Å². The summed E-state index contributed by atoms with van der Waals surface area (Å²) in [6, 6.07) is 13.1. The topological polar surface area (TPSA) is 88.2 Å². The van der Waals surface area contributed by atoms with Crippen LogP contribution in [-0.4, -0.2) is 54.6 Å². The number of hydrogen-bond donors (Lipinski definition) is 1. The van der Waals surface area contributed by atoms with Crippen LogP contribution in [0, 0.1) is 0 Å². The summed E-state index contributed by atoms with van der Waals surface area (Å²) in [5.41, 5.74) is 1.11. The molecule has 1 N–H and O–H groups in total. The Hall–Kier alpha value is -3.55. The first kappa shape index (κ1) is 23.2. The molecular formula is C27H31N3O5. The van der Waals surface area contributed by atoms with E-state index in [2.05, 4.69) is 19.2 Å². The van der Waals surface area contributed by atoms with E-state index in [1.54, 1.807) is 21.9 Å². The van der Waals surface area contributed by atoms with Crippen LogP contribution in [0.3, 0.4) is 0 Å². The minimum absolute atomic E-state index is 0.00285. The lowest BCUT2D eigenvalue weighted by Crippen LogP contribution is -2.62. The molecule has 0 saturated carbocycles. The predicted molar refractivity (Wildman–Crippen MR) is 131 cm³/mol. The van der Waals surface area contributed by atoms with Gasteiger partial charge in [-0.25, -0.2) is 0 Å². The molecule has 1 atom stereocenters. The molecule has 8 nitrogen and oxygen atoms in total. The summed E-state index contributed by atoms with van der Waals surface area (Å²) in [5, 5.41) is 3.03. The van der Waals surface area contributed by atoms with Crippen molar-refractivity contribution in [3.63, 3.8) is 0 Å². The third-order valence-corrected chi connectivity index (χ3v) is 7.36. The number of nitrogens with zero attached hydrogens (tertiary/aromatic N) is 2. The number of carbonyl (C=O) groups excluding carboxylic acids is 3. The Morgan fingerprint density at radius 2 is 1.83 bits per heavy atom. The number of anilines is 1. The lowest BCUT2D eigenvalue weighted by atomic mass is 9.84. The van der Waals surface area contributed by atoms with E-state index in [1.165, 1.54) is 0 Å². The van der Waals surface area contributed by atoms with Crippen molar-refractivity contribution in [3.8, 4) is 11.5 Å². The highest BCUT2D eigenvalue weighted by molar-refractivity contribution is 6.10. The van der Waals surface area contributed by atoms with Gasteiger partial charge in [0.05, 0.1) is 11.3 Å². The molecule has 0 bridgehead atoms. The van der Waals surface area contributed by atoms with E-state index in [-0.39, 0.29) is 36.1 Å². The Labute approximate surface area is 205 Å². The van der Waals surface area contributed by atoms with Gasteiger partial charge in [0, 0.05) is 31.3 Å². The molecule has 3 aliphatic rings. The highest BCUT2D eigenvalue weighted by Gasteiger charge is 2.52. The Morgan fingerprint density at radius 1 is 1.09 bits per heavy atom. The maximum atomic E-state index is 13.3.